The Labute approximate surface area is 481 Å². The minimum absolute atomic E-state index is 0.105. The fraction of sp³-hybridized carbons (Fsp3) is 0.653. The number of unbranched alkanes of at least 4 members (excludes halogenated alkanes) is 24. The van der Waals surface area contributed by atoms with Crippen molar-refractivity contribution in [2.45, 2.75) is 290 Å². The third-order valence-corrected chi connectivity index (χ3v) is 13.4. The minimum Gasteiger partial charge on any atom is -0.462 e. The van der Waals surface area contributed by atoms with Gasteiger partial charge in [-0.25, -0.2) is 0 Å². The van der Waals surface area contributed by atoms with E-state index in [0.717, 1.165) is 116 Å². The molecule has 0 rings (SSSR count). The van der Waals surface area contributed by atoms with Crippen LogP contribution < -0.4 is 0 Å². The molecule has 0 aromatic carbocycles. The molecule has 0 saturated carbocycles. The third kappa shape index (κ3) is 62.4. The number of ether oxygens (including phenoxy) is 3. The lowest BCUT2D eigenvalue weighted by Crippen LogP contribution is -2.30. The molecule has 0 amide bonds. The molecule has 1 atom stereocenters. The Balaban J connectivity index is 4.22. The molecule has 0 saturated heterocycles. The molecule has 1 unspecified atom stereocenters. The summed E-state index contributed by atoms with van der Waals surface area (Å²) in [6.07, 6.45) is 92.0. The van der Waals surface area contributed by atoms with E-state index >= 15 is 0 Å². The maximum absolute atomic E-state index is 12.9. The number of carbonyl (C=O) groups excluding carboxylic acids is 3. The maximum Gasteiger partial charge on any atom is 0.306 e. The van der Waals surface area contributed by atoms with Gasteiger partial charge in [-0.3, -0.25) is 14.4 Å². The quantitative estimate of drug-likeness (QED) is 0.0261. The smallest absolute Gasteiger partial charge is 0.306 e. The van der Waals surface area contributed by atoms with Crippen molar-refractivity contribution in [3.63, 3.8) is 0 Å². The average molecular weight is 1080 g/mol. The number of esters is 3. The molecule has 0 bridgehead atoms. The highest BCUT2D eigenvalue weighted by Gasteiger charge is 2.19. The Morgan fingerprint density at radius 2 is 0.526 bits per heavy atom. The molecule has 0 aliphatic carbocycles. The van der Waals surface area contributed by atoms with Crippen LogP contribution in [-0.4, -0.2) is 37.2 Å². The van der Waals surface area contributed by atoms with E-state index in [9.17, 15) is 14.4 Å². The largest absolute Gasteiger partial charge is 0.462 e. The number of hydrogen-bond donors (Lipinski definition) is 0. The van der Waals surface area contributed by atoms with Gasteiger partial charge >= 0.3 is 17.9 Å². The van der Waals surface area contributed by atoms with Gasteiger partial charge in [0.05, 0.1) is 0 Å². The molecule has 0 aliphatic rings. The Kier molecular flexibility index (Phi) is 61.4. The van der Waals surface area contributed by atoms with E-state index in [0.29, 0.717) is 19.3 Å². The van der Waals surface area contributed by atoms with E-state index in [4.69, 9.17) is 14.2 Å². The second-order valence-corrected chi connectivity index (χ2v) is 20.9. The predicted octanol–water partition coefficient (Wildman–Crippen LogP) is 22.2. The normalized spacial score (nSPS) is 13.0. The van der Waals surface area contributed by atoms with E-state index in [1.165, 1.54) is 122 Å². The van der Waals surface area contributed by atoms with Gasteiger partial charge < -0.3 is 14.2 Å². The molecule has 0 radical (unpaired) electrons. The summed E-state index contributed by atoms with van der Waals surface area (Å²) >= 11 is 0. The Morgan fingerprint density at radius 3 is 0.872 bits per heavy atom. The second-order valence-electron chi connectivity index (χ2n) is 20.9. The molecule has 0 aromatic rings. The fourth-order valence-electron chi connectivity index (χ4n) is 8.63. The number of hydrogen-bond acceptors (Lipinski definition) is 6. The predicted molar refractivity (Wildman–Crippen MR) is 339 cm³/mol. The van der Waals surface area contributed by atoms with Gasteiger partial charge in [-0.05, 0) is 122 Å². The van der Waals surface area contributed by atoms with Crippen LogP contribution in [0.25, 0.3) is 0 Å². The SMILES string of the molecule is CC/C=C\C/C=C\C/C=C\C/C=C\C/C=C\C/C=C\CCCCCCCCCCCCCCCCC(=O)OCC(COC(=O)CC/C=C\C/C=C\C/C=C\C/C=C\CC)OC(=O)CCCCCCC/C=C\CCCCCCC. The van der Waals surface area contributed by atoms with Crippen molar-refractivity contribution in [3.05, 3.63) is 134 Å². The van der Waals surface area contributed by atoms with Crippen LogP contribution in [0.1, 0.15) is 284 Å². The highest BCUT2D eigenvalue weighted by atomic mass is 16.6. The lowest BCUT2D eigenvalue weighted by Gasteiger charge is -2.18. The monoisotopic (exact) mass is 1080 g/mol. The Morgan fingerprint density at radius 1 is 0.269 bits per heavy atom. The van der Waals surface area contributed by atoms with E-state index < -0.39 is 6.10 Å². The van der Waals surface area contributed by atoms with Gasteiger partial charge in [-0.1, -0.05) is 276 Å². The number of allylic oxidation sites excluding steroid dienone is 22. The van der Waals surface area contributed by atoms with Gasteiger partial charge in [0.1, 0.15) is 13.2 Å². The molecule has 0 N–H and O–H groups in total. The topological polar surface area (TPSA) is 78.9 Å². The molecular formula is C72H118O6. The van der Waals surface area contributed by atoms with Gasteiger partial charge in [-0.15, -0.1) is 0 Å². The lowest BCUT2D eigenvalue weighted by molar-refractivity contribution is -0.166. The second kappa shape index (κ2) is 65.1. The van der Waals surface area contributed by atoms with E-state index in [2.05, 4.69) is 148 Å². The summed E-state index contributed by atoms with van der Waals surface area (Å²) in [6, 6.07) is 0. The molecular weight excluding hydrogens is 961 g/mol. The molecule has 0 fully saturated rings. The number of rotatable bonds is 57. The summed E-state index contributed by atoms with van der Waals surface area (Å²) < 4.78 is 16.8. The van der Waals surface area contributed by atoms with Crippen molar-refractivity contribution in [1.82, 2.24) is 0 Å². The van der Waals surface area contributed by atoms with Crippen LogP contribution in [0.4, 0.5) is 0 Å². The van der Waals surface area contributed by atoms with Crippen LogP contribution in [0.3, 0.4) is 0 Å². The summed E-state index contributed by atoms with van der Waals surface area (Å²) in [6.45, 7) is 6.33. The standard InChI is InChI=1S/C72H118O6/c1-4-7-10-13-16-19-22-25-27-28-29-30-31-32-33-34-35-36-37-38-39-40-41-42-43-44-45-48-50-53-56-59-62-65-71(74)77-68-69(67-76-70(73)64-61-58-55-52-49-46-24-21-18-15-12-9-6-3)78-72(75)66-63-60-57-54-51-47-26-23-20-17-14-11-8-5-2/h7,9-10,12,16,18-19,21,23,25-27,29-30,32-33,35-36,46,49,55,58,69H,4-6,8,11,13-15,17,20,22,24,28,31,34,37-45,47-48,50-54,56-57,59-68H2,1-3H3/b10-7-,12-9-,19-16-,21-18-,26-23-,27-25-,30-29-,33-32-,36-35-,49-46-,58-55-. The van der Waals surface area contributed by atoms with Crippen molar-refractivity contribution in [2.24, 2.45) is 0 Å². The zero-order valence-corrected chi connectivity index (χ0v) is 50.6. The summed E-state index contributed by atoms with van der Waals surface area (Å²) in [4.78, 5) is 38.2. The molecule has 6 heteroatoms. The third-order valence-electron chi connectivity index (χ3n) is 13.4. The maximum atomic E-state index is 12.9. The first-order valence-electron chi connectivity index (χ1n) is 32.2. The van der Waals surface area contributed by atoms with E-state index in [1.54, 1.807) is 0 Å². The molecule has 0 heterocycles. The summed E-state index contributed by atoms with van der Waals surface area (Å²) in [5.41, 5.74) is 0. The molecule has 78 heavy (non-hydrogen) atoms. The van der Waals surface area contributed by atoms with E-state index in [-0.39, 0.29) is 37.5 Å². The average Bonchev–Trinajstić information content (AvgIpc) is 3.44. The van der Waals surface area contributed by atoms with Crippen molar-refractivity contribution in [2.75, 3.05) is 13.2 Å². The van der Waals surface area contributed by atoms with Gasteiger partial charge in [0.15, 0.2) is 6.10 Å². The Bertz CT molecular complexity index is 1670. The van der Waals surface area contributed by atoms with Gasteiger partial charge in [0.25, 0.3) is 0 Å². The summed E-state index contributed by atoms with van der Waals surface area (Å²) in [7, 11) is 0. The Hall–Kier alpha value is -4.45. The first kappa shape index (κ1) is 73.5. The highest BCUT2D eigenvalue weighted by molar-refractivity contribution is 5.71. The van der Waals surface area contributed by atoms with Crippen LogP contribution in [0.2, 0.25) is 0 Å². The minimum atomic E-state index is -0.814. The van der Waals surface area contributed by atoms with E-state index in [1.807, 2.05) is 6.08 Å². The van der Waals surface area contributed by atoms with Gasteiger partial charge in [0.2, 0.25) is 0 Å². The van der Waals surface area contributed by atoms with Crippen molar-refractivity contribution in [3.8, 4) is 0 Å². The number of carbonyl (C=O) groups is 3. The van der Waals surface area contributed by atoms with Crippen LogP contribution in [-0.2, 0) is 28.6 Å². The van der Waals surface area contributed by atoms with Crippen LogP contribution in [0, 0.1) is 0 Å². The highest BCUT2D eigenvalue weighted by Crippen LogP contribution is 2.16. The van der Waals surface area contributed by atoms with Gasteiger partial charge in [-0.2, -0.15) is 0 Å². The molecule has 442 valence electrons. The zero-order chi connectivity index (χ0) is 56.4. The first-order valence-corrected chi connectivity index (χ1v) is 32.2. The molecule has 0 aromatic heterocycles. The molecule has 0 aliphatic heterocycles. The molecule has 6 nitrogen and oxygen atoms in total. The molecule has 0 spiro atoms. The van der Waals surface area contributed by atoms with Crippen molar-refractivity contribution < 1.29 is 28.6 Å². The van der Waals surface area contributed by atoms with Crippen molar-refractivity contribution >= 4 is 17.9 Å². The van der Waals surface area contributed by atoms with Crippen molar-refractivity contribution in [1.29, 1.82) is 0 Å². The van der Waals surface area contributed by atoms with Crippen LogP contribution in [0.5, 0.6) is 0 Å². The van der Waals surface area contributed by atoms with Gasteiger partial charge in [0, 0.05) is 19.3 Å². The van der Waals surface area contributed by atoms with Crippen LogP contribution in [0.15, 0.2) is 134 Å². The van der Waals surface area contributed by atoms with Crippen LogP contribution >= 0.6 is 0 Å². The first-order chi connectivity index (χ1) is 38.5. The summed E-state index contributed by atoms with van der Waals surface area (Å²) in [5, 5.41) is 0. The fourth-order valence-corrected chi connectivity index (χ4v) is 8.63. The zero-order valence-electron chi connectivity index (χ0n) is 50.6. The summed E-state index contributed by atoms with van der Waals surface area (Å²) in [5.74, 6) is -0.998. The lowest BCUT2D eigenvalue weighted by atomic mass is 10.0.